The number of rotatable bonds is 6. The van der Waals surface area contributed by atoms with Gasteiger partial charge in [0.2, 0.25) is 0 Å². The molecule has 0 spiro atoms. The van der Waals surface area contributed by atoms with Crippen molar-refractivity contribution in [2.45, 2.75) is 19.1 Å². The molecule has 0 radical (unpaired) electrons. The monoisotopic (exact) mass is 407 g/mol. The highest BCUT2D eigenvalue weighted by Gasteiger charge is 2.28. The highest BCUT2D eigenvalue weighted by molar-refractivity contribution is 5.99. The average molecular weight is 407 g/mol. The fourth-order valence-electron chi connectivity index (χ4n) is 2.91. The molecule has 1 amide bonds. The summed E-state index contributed by atoms with van der Waals surface area (Å²) in [5.74, 6) is 0.374. The lowest BCUT2D eigenvalue weighted by molar-refractivity contribution is -0.153. The molecule has 0 fully saturated rings. The van der Waals surface area contributed by atoms with E-state index in [0.29, 0.717) is 28.0 Å². The van der Waals surface area contributed by atoms with Gasteiger partial charge in [0, 0.05) is 18.0 Å². The van der Waals surface area contributed by atoms with Crippen molar-refractivity contribution in [3.63, 3.8) is 0 Å². The Bertz CT molecular complexity index is 1010. The zero-order valence-electron chi connectivity index (χ0n) is 16.1. The number of hydrogen-bond donors (Lipinski definition) is 1. The number of methoxy groups -OCH3 is 1. The first kappa shape index (κ1) is 20.5. The minimum atomic E-state index is -4.41. The summed E-state index contributed by atoms with van der Waals surface area (Å²) in [6.45, 7) is 0.434. The van der Waals surface area contributed by atoms with E-state index in [4.69, 9.17) is 9.47 Å². The molecule has 0 aliphatic rings. The maximum absolute atomic E-state index is 12.7. The molecule has 2 heterocycles. The van der Waals surface area contributed by atoms with Crippen LogP contribution in [0, 0.1) is 0 Å². The predicted octanol–water partition coefficient (Wildman–Crippen LogP) is 4.01. The van der Waals surface area contributed by atoms with E-state index in [1.54, 1.807) is 56.1 Å². The minimum absolute atomic E-state index is 0.0863. The van der Waals surface area contributed by atoms with Crippen LogP contribution in [0.4, 0.5) is 13.2 Å². The van der Waals surface area contributed by atoms with Gasteiger partial charge >= 0.3 is 6.18 Å². The normalized spacial score (nSPS) is 12.6. The molecule has 154 valence electrons. The van der Waals surface area contributed by atoms with Crippen molar-refractivity contribution < 1.29 is 27.4 Å². The Labute approximate surface area is 165 Å². The van der Waals surface area contributed by atoms with Crippen LogP contribution in [-0.4, -0.2) is 35.4 Å². The topological polar surface area (TPSA) is 65.4 Å². The van der Waals surface area contributed by atoms with E-state index in [-0.39, 0.29) is 17.7 Å². The largest absolute Gasteiger partial charge is 0.495 e. The number of alkyl halides is 3. The molecule has 29 heavy (non-hydrogen) atoms. The van der Waals surface area contributed by atoms with Crippen molar-refractivity contribution in [1.29, 1.82) is 0 Å². The first-order chi connectivity index (χ1) is 13.7. The Kier molecular flexibility index (Phi) is 5.67. The van der Waals surface area contributed by atoms with Crippen LogP contribution < -0.4 is 14.8 Å². The number of carbonyl (C=O) groups is 1. The van der Waals surface area contributed by atoms with E-state index in [1.807, 2.05) is 0 Å². The summed E-state index contributed by atoms with van der Waals surface area (Å²) in [5.41, 5.74) is 1.74. The van der Waals surface area contributed by atoms with Gasteiger partial charge in [-0.15, -0.1) is 0 Å². The lowest BCUT2D eigenvalue weighted by Crippen LogP contribution is -2.28. The highest BCUT2D eigenvalue weighted by Crippen LogP contribution is 2.26. The predicted molar refractivity (Wildman–Crippen MR) is 101 cm³/mol. The molecule has 0 saturated heterocycles. The van der Waals surface area contributed by atoms with E-state index in [1.165, 1.54) is 12.1 Å². The van der Waals surface area contributed by atoms with E-state index >= 15 is 0 Å². The number of amides is 1. The van der Waals surface area contributed by atoms with Crippen LogP contribution in [0.5, 0.6) is 11.5 Å². The number of hydrogen-bond acceptors (Lipinski definition) is 4. The summed E-state index contributed by atoms with van der Waals surface area (Å²) in [4.78, 5) is 17.0. The Balaban J connectivity index is 1.77. The second kappa shape index (κ2) is 8.02. The van der Waals surface area contributed by atoms with E-state index in [2.05, 4.69) is 10.3 Å². The molecule has 0 bridgehead atoms. The molecular formula is C20H20F3N3O3. The molecule has 0 saturated carbocycles. The molecule has 1 unspecified atom stereocenters. The van der Waals surface area contributed by atoms with Gasteiger partial charge in [-0.2, -0.15) is 13.2 Å². The number of pyridine rings is 1. The van der Waals surface area contributed by atoms with Crippen molar-refractivity contribution in [3.05, 3.63) is 54.0 Å². The first-order valence-electron chi connectivity index (χ1n) is 8.78. The molecule has 1 N–H and O–H groups in total. The van der Waals surface area contributed by atoms with Crippen LogP contribution in [0.1, 0.15) is 29.1 Å². The number of nitrogens with one attached hydrogen (secondary N) is 1. The third-order valence-electron chi connectivity index (χ3n) is 4.44. The molecule has 1 aromatic carbocycles. The first-order valence-corrected chi connectivity index (χ1v) is 8.78. The summed E-state index contributed by atoms with van der Waals surface area (Å²) in [7, 11) is 3.26. The van der Waals surface area contributed by atoms with Crippen LogP contribution in [0.3, 0.4) is 0 Å². The number of aromatic nitrogens is 2. The van der Waals surface area contributed by atoms with Gasteiger partial charge in [0.15, 0.2) is 6.61 Å². The summed E-state index contributed by atoms with van der Waals surface area (Å²) in [6, 6.07) is 9.31. The number of fused-ring (bicyclic) bond motifs is 1. The molecule has 9 heteroatoms. The Hall–Kier alpha value is -3.23. The fourth-order valence-corrected chi connectivity index (χ4v) is 2.91. The van der Waals surface area contributed by atoms with Crippen LogP contribution >= 0.6 is 0 Å². The summed E-state index contributed by atoms with van der Waals surface area (Å²) >= 11 is 0. The van der Waals surface area contributed by atoms with E-state index in [0.717, 1.165) is 0 Å². The summed E-state index contributed by atoms with van der Waals surface area (Å²) in [5, 5.41) is 3.47. The molecular weight excluding hydrogens is 387 g/mol. The fraction of sp³-hybridized carbons (Fsp3) is 0.300. The van der Waals surface area contributed by atoms with Gasteiger partial charge in [-0.05, 0) is 43.3 Å². The molecule has 3 aromatic rings. The SMILES string of the molecule is COc1ccc(C(C)NC(=O)c2cc3cc(OCC(F)(F)F)ccc3n2C)nc1. The van der Waals surface area contributed by atoms with Crippen molar-refractivity contribution in [1.82, 2.24) is 14.9 Å². The van der Waals surface area contributed by atoms with Gasteiger partial charge in [-0.3, -0.25) is 9.78 Å². The van der Waals surface area contributed by atoms with Crippen molar-refractivity contribution in [2.75, 3.05) is 13.7 Å². The lowest BCUT2D eigenvalue weighted by Gasteiger charge is -2.14. The Morgan fingerprint density at radius 3 is 2.55 bits per heavy atom. The number of aryl methyl sites for hydroxylation is 1. The van der Waals surface area contributed by atoms with Gasteiger partial charge in [0.05, 0.1) is 25.0 Å². The van der Waals surface area contributed by atoms with Crippen molar-refractivity contribution >= 4 is 16.8 Å². The number of nitrogens with zero attached hydrogens (tertiary/aromatic N) is 2. The Morgan fingerprint density at radius 1 is 1.21 bits per heavy atom. The number of halogens is 3. The van der Waals surface area contributed by atoms with Gasteiger partial charge in [0.1, 0.15) is 17.2 Å². The molecule has 0 aliphatic carbocycles. The Morgan fingerprint density at radius 2 is 1.93 bits per heavy atom. The van der Waals surface area contributed by atoms with E-state index in [9.17, 15) is 18.0 Å². The van der Waals surface area contributed by atoms with Gasteiger partial charge in [0.25, 0.3) is 5.91 Å². The highest BCUT2D eigenvalue weighted by atomic mass is 19.4. The van der Waals surface area contributed by atoms with Crippen LogP contribution in [0.2, 0.25) is 0 Å². The maximum Gasteiger partial charge on any atom is 0.422 e. The molecule has 1 atom stereocenters. The second-order valence-corrected chi connectivity index (χ2v) is 6.53. The van der Waals surface area contributed by atoms with Crippen LogP contribution in [0.25, 0.3) is 10.9 Å². The molecule has 3 rings (SSSR count). The third-order valence-corrected chi connectivity index (χ3v) is 4.44. The average Bonchev–Trinajstić information content (AvgIpc) is 3.02. The zero-order chi connectivity index (χ0) is 21.2. The van der Waals surface area contributed by atoms with Crippen molar-refractivity contribution in [3.8, 4) is 11.5 Å². The zero-order valence-corrected chi connectivity index (χ0v) is 16.1. The van der Waals surface area contributed by atoms with E-state index < -0.39 is 12.8 Å². The number of ether oxygens (including phenoxy) is 2. The quantitative estimate of drug-likeness (QED) is 0.671. The van der Waals surface area contributed by atoms with Crippen LogP contribution in [0.15, 0.2) is 42.6 Å². The molecule has 6 nitrogen and oxygen atoms in total. The molecule has 2 aromatic heterocycles. The summed E-state index contributed by atoms with van der Waals surface area (Å²) < 4.78 is 48.5. The molecule has 0 aliphatic heterocycles. The standard InChI is InChI=1S/C20H20F3N3O3/c1-12(16-6-4-15(28-3)10-24-16)25-19(27)18-9-13-8-14(29-11-20(21,22)23)5-7-17(13)26(18)2/h4-10,12H,11H2,1-3H3,(H,25,27). The minimum Gasteiger partial charge on any atom is -0.495 e. The maximum atomic E-state index is 12.7. The van der Waals surface area contributed by atoms with Gasteiger partial charge in [-0.25, -0.2) is 0 Å². The van der Waals surface area contributed by atoms with Gasteiger partial charge < -0.3 is 19.4 Å². The number of carbonyl (C=O) groups excluding carboxylic acids is 1. The summed E-state index contributed by atoms with van der Waals surface area (Å²) in [6.07, 6.45) is -2.85. The van der Waals surface area contributed by atoms with Crippen molar-refractivity contribution in [2.24, 2.45) is 7.05 Å². The van der Waals surface area contributed by atoms with Gasteiger partial charge in [-0.1, -0.05) is 0 Å². The number of benzene rings is 1. The lowest BCUT2D eigenvalue weighted by atomic mass is 10.2. The smallest absolute Gasteiger partial charge is 0.422 e. The second-order valence-electron chi connectivity index (χ2n) is 6.53. The third kappa shape index (κ3) is 4.79. The van der Waals surface area contributed by atoms with Crippen LogP contribution in [-0.2, 0) is 7.05 Å².